The molecule has 4 rings (SSSR count). The molecule has 4 nitrogen and oxygen atoms in total. The number of fused-ring (bicyclic) bond motifs is 2. The predicted octanol–water partition coefficient (Wildman–Crippen LogP) is 2.49. The first-order valence-electron chi connectivity index (χ1n) is 7.95. The Hall–Kier alpha value is -1.81. The first-order valence-corrected chi connectivity index (χ1v) is 7.95. The number of anilines is 2. The highest BCUT2D eigenvalue weighted by molar-refractivity contribution is 5.97. The number of pyridine rings is 1. The molecule has 1 aromatic heterocycles. The van der Waals surface area contributed by atoms with Crippen molar-refractivity contribution >= 4 is 22.3 Å². The van der Waals surface area contributed by atoms with Gasteiger partial charge in [0.05, 0.1) is 16.9 Å². The van der Waals surface area contributed by atoms with Crippen LogP contribution in [0.15, 0.2) is 30.5 Å². The predicted molar refractivity (Wildman–Crippen MR) is 87.6 cm³/mol. The standard InChI is InChI=1S/C17H22N4/c18-17-14-5-1-8-19-15(14)6-7-16(17)21-11-3-10-20-9-2-4-13(20)12-21/h1,5-8,13H,2-4,9-12,18H2. The SMILES string of the molecule is Nc1c(N2CCCN3CCCC3C2)ccc2ncccc12. The number of hydrogen-bond acceptors (Lipinski definition) is 4. The van der Waals surface area contributed by atoms with Gasteiger partial charge in [0.15, 0.2) is 0 Å². The zero-order valence-corrected chi connectivity index (χ0v) is 12.3. The van der Waals surface area contributed by atoms with Crippen molar-refractivity contribution in [1.82, 2.24) is 9.88 Å². The molecule has 2 aromatic rings. The minimum atomic E-state index is 0.705. The molecule has 21 heavy (non-hydrogen) atoms. The number of nitrogens with two attached hydrogens (primary N) is 1. The summed E-state index contributed by atoms with van der Waals surface area (Å²) in [6, 6.07) is 8.98. The van der Waals surface area contributed by atoms with Crippen LogP contribution < -0.4 is 10.6 Å². The van der Waals surface area contributed by atoms with E-state index in [4.69, 9.17) is 5.73 Å². The van der Waals surface area contributed by atoms with Crippen molar-refractivity contribution in [3.8, 4) is 0 Å². The quantitative estimate of drug-likeness (QED) is 0.816. The van der Waals surface area contributed by atoms with Crippen LogP contribution in [0.1, 0.15) is 19.3 Å². The number of aromatic nitrogens is 1. The molecule has 2 aliphatic rings. The first kappa shape index (κ1) is 12.9. The molecule has 1 aromatic carbocycles. The second-order valence-electron chi connectivity index (χ2n) is 6.20. The van der Waals surface area contributed by atoms with Crippen LogP contribution in [-0.4, -0.2) is 42.1 Å². The van der Waals surface area contributed by atoms with Crippen LogP contribution in [0.25, 0.3) is 10.9 Å². The summed E-state index contributed by atoms with van der Waals surface area (Å²) in [4.78, 5) is 9.53. The van der Waals surface area contributed by atoms with Gasteiger partial charge in [0.25, 0.3) is 0 Å². The highest BCUT2D eigenvalue weighted by atomic mass is 15.3. The molecular formula is C17H22N4. The van der Waals surface area contributed by atoms with Gasteiger partial charge in [0.1, 0.15) is 0 Å². The van der Waals surface area contributed by atoms with E-state index >= 15 is 0 Å². The average Bonchev–Trinajstić information content (AvgIpc) is 2.85. The maximum Gasteiger partial charge on any atom is 0.0724 e. The lowest BCUT2D eigenvalue weighted by Crippen LogP contribution is -2.36. The van der Waals surface area contributed by atoms with Crippen molar-refractivity contribution in [2.24, 2.45) is 0 Å². The van der Waals surface area contributed by atoms with Gasteiger partial charge in [0, 0.05) is 37.3 Å². The second-order valence-corrected chi connectivity index (χ2v) is 6.20. The third-order valence-electron chi connectivity index (χ3n) is 4.95. The zero-order valence-electron chi connectivity index (χ0n) is 12.3. The van der Waals surface area contributed by atoms with Gasteiger partial charge in [-0.05, 0) is 50.1 Å². The lowest BCUT2D eigenvalue weighted by atomic mass is 10.1. The molecule has 2 aliphatic heterocycles. The number of nitrogens with zero attached hydrogens (tertiary/aromatic N) is 3. The first-order chi connectivity index (χ1) is 10.3. The van der Waals surface area contributed by atoms with E-state index in [2.05, 4.69) is 33.0 Å². The minimum Gasteiger partial charge on any atom is -0.396 e. The number of nitrogen functional groups attached to an aromatic ring is 1. The third-order valence-corrected chi connectivity index (χ3v) is 4.95. The smallest absolute Gasteiger partial charge is 0.0724 e. The summed E-state index contributed by atoms with van der Waals surface area (Å²) < 4.78 is 0. The normalized spacial score (nSPS) is 23.2. The van der Waals surface area contributed by atoms with E-state index in [-0.39, 0.29) is 0 Å². The summed E-state index contributed by atoms with van der Waals surface area (Å²) in [6.45, 7) is 4.71. The van der Waals surface area contributed by atoms with Gasteiger partial charge in [-0.15, -0.1) is 0 Å². The van der Waals surface area contributed by atoms with Gasteiger partial charge in [-0.25, -0.2) is 0 Å². The monoisotopic (exact) mass is 282 g/mol. The summed E-state index contributed by atoms with van der Waals surface area (Å²) >= 11 is 0. The molecule has 0 bridgehead atoms. The fourth-order valence-corrected chi connectivity index (χ4v) is 3.86. The van der Waals surface area contributed by atoms with Crippen molar-refractivity contribution in [3.63, 3.8) is 0 Å². The van der Waals surface area contributed by atoms with Crippen LogP contribution in [-0.2, 0) is 0 Å². The largest absolute Gasteiger partial charge is 0.396 e. The molecule has 1 unspecified atom stereocenters. The number of hydrogen-bond donors (Lipinski definition) is 1. The minimum absolute atomic E-state index is 0.705. The van der Waals surface area contributed by atoms with Crippen LogP contribution in [0, 0.1) is 0 Å². The summed E-state index contributed by atoms with van der Waals surface area (Å²) in [7, 11) is 0. The molecule has 2 saturated heterocycles. The lowest BCUT2D eigenvalue weighted by molar-refractivity contribution is 0.273. The number of rotatable bonds is 1. The number of benzene rings is 1. The molecule has 2 N–H and O–H groups in total. The van der Waals surface area contributed by atoms with Gasteiger partial charge < -0.3 is 10.6 Å². The maximum absolute atomic E-state index is 6.44. The Morgan fingerprint density at radius 3 is 2.95 bits per heavy atom. The van der Waals surface area contributed by atoms with E-state index in [9.17, 15) is 0 Å². The summed E-state index contributed by atoms with van der Waals surface area (Å²) in [5.41, 5.74) is 9.49. The Labute approximate surface area is 125 Å². The summed E-state index contributed by atoms with van der Waals surface area (Å²) in [5.74, 6) is 0. The van der Waals surface area contributed by atoms with E-state index in [1.165, 1.54) is 38.0 Å². The fraction of sp³-hybridized carbons (Fsp3) is 0.471. The Morgan fingerprint density at radius 1 is 1.10 bits per heavy atom. The van der Waals surface area contributed by atoms with Gasteiger partial charge in [-0.2, -0.15) is 0 Å². The van der Waals surface area contributed by atoms with Gasteiger partial charge in [-0.3, -0.25) is 9.88 Å². The molecule has 3 heterocycles. The third kappa shape index (κ3) is 2.23. The zero-order chi connectivity index (χ0) is 14.2. The van der Waals surface area contributed by atoms with Crippen molar-refractivity contribution in [3.05, 3.63) is 30.5 Å². The van der Waals surface area contributed by atoms with Crippen LogP contribution in [0.3, 0.4) is 0 Å². The topological polar surface area (TPSA) is 45.4 Å². The molecule has 0 aliphatic carbocycles. The summed E-state index contributed by atoms with van der Waals surface area (Å²) in [6.07, 6.45) is 5.71. The van der Waals surface area contributed by atoms with Crippen molar-refractivity contribution in [2.45, 2.75) is 25.3 Å². The van der Waals surface area contributed by atoms with Gasteiger partial charge in [-0.1, -0.05) is 0 Å². The highest BCUT2D eigenvalue weighted by Gasteiger charge is 2.29. The van der Waals surface area contributed by atoms with E-state index in [0.717, 1.165) is 29.7 Å². The Morgan fingerprint density at radius 2 is 2.00 bits per heavy atom. The van der Waals surface area contributed by atoms with Crippen LogP contribution >= 0.6 is 0 Å². The lowest BCUT2D eigenvalue weighted by Gasteiger charge is -2.28. The van der Waals surface area contributed by atoms with E-state index in [1.807, 2.05) is 12.3 Å². The Bertz CT molecular complexity index is 654. The van der Waals surface area contributed by atoms with Crippen molar-refractivity contribution < 1.29 is 0 Å². The molecule has 2 fully saturated rings. The molecule has 0 spiro atoms. The second kappa shape index (κ2) is 5.19. The van der Waals surface area contributed by atoms with Crippen molar-refractivity contribution in [1.29, 1.82) is 0 Å². The summed E-state index contributed by atoms with van der Waals surface area (Å²) in [5, 5.41) is 1.07. The fourth-order valence-electron chi connectivity index (χ4n) is 3.86. The van der Waals surface area contributed by atoms with Crippen LogP contribution in [0.5, 0.6) is 0 Å². The average molecular weight is 282 g/mol. The van der Waals surface area contributed by atoms with Crippen LogP contribution in [0.4, 0.5) is 11.4 Å². The van der Waals surface area contributed by atoms with Crippen molar-refractivity contribution in [2.75, 3.05) is 36.8 Å². The molecular weight excluding hydrogens is 260 g/mol. The van der Waals surface area contributed by atoms with Gasteiger partial charge in [0.2, 0.25) is 0 Å². The van der Waals surface area contributed by atoms with E-state index < -0.39 is 0 Å². The molecule has 110 valence electrons. The highest BCUT2D eigenvalue weighted by Crippen LogP contribution is 2.33. The molecule has 0 amide bonds. The molecule has 0 radical (unpaired) electrons. The van der Waals surface area contributed by atoms with E-state index in [1.54, 1.807) is 0 Å². The molecule has 1 atom stereocenters. The van der Waals surface area contributed by atoms with Crippen LogP contribution in [0.2, 0.25) is 0 Å². The molecule has 4 heteroatoms. The molecule has 0 saturated carbocycles. The Balaban J connectivity index is 1.70. The van der Waals surface area contributed by atoms with E-state index in [0.29, 0.717) is 6.04 Å². The Kier molecular flexibility index (Phi) is 3.19. The maximum atomic E-state index is 6.44. The van der Waals surface area contributed by atoms with Gasteiger partial charge >= 0.3 is 0 Å².